The largest absolute Gasteiger partial charge is 0.481 e. The minimum atomic E-state index is -0.676. The van der Waals surface area contributed by atoms with Crippen LogP contribution in [0.15, 0.2) is 12.2 Å². The van der Waals surface area contributed by atoms with Gasteiger partial charge in [0.05, 0.1) is 18.1 Å². The molecular formula is C22H40O4. The van der Waals surface area contributed by atoms with Crippen molar-refractivity contribution < 1.29 is 20.1 Å². The lowest BCUT2D eigenvalue weighted by Gasteiger charge is -2.23. The van der Waals surface area contributed by atoms with Crippen molar-refractivity contribution >= 4 is 5.97 Å². The van der Waals surface area contributed by atoms with Crippen molar-refractivity contribution in [3.63, 3.8) is 0 Å². The number of hydrogen-bond acceptors (Lipinski definition) is 3. The minimum Gasteiger partial charge on any atom is -0.481 e. The van der Waals surface area contributed by atoms with Gasteiger partial charge >= 0.3 is 5.97 Å². The van der Waals surface area contributed by atoms with Crippen LogP contribution in [-0.4, -0.2) is 33.5 Å². The smallest absolute Gasteiger partial charge is 0.306 e. The molecule has 1 fully saturated rings. The first kappa shape index (κ1) is 23.2. The van der Waals surface area contributed by atoms with E-state index in [0.717, 1.165) is 70.6 Å². The van der Waals surface area contributed by atoms with Gasteiger partial charge in [0.2, 0.25) is 0 Å². The van der Waals surface area contributed by atoms with Crippen LogP contribution in [0.2, 0.25) is 0 Å². The Morgan fingerprint density at radius 1 is 1.12 bits per heavy atom. The number of rotatable bonds is 14. The van der Waals surface area contributed by atoms with Crippen molar-refractivity contribution in [1.29, 1.82) is 0 Å². The fourth-order valence-corrected chi connectivity index (χ4v) is 4.26. The second-order valence-corrected chi connectivity index (χ2v) is 8.01. The highest BCUT2D eigenvalue weighted by Gasteiger charge is 2.34. The van der Waals surface area contributed by atoms with Crippen LogP contribution in [0.5, 0.6) is 0 Å². The molecule has 0 amide bonds. The lowest BCUT2D eigenvalue weighted by molar-refractivity contribution is -0.142. The zero-order valence-corrected chi connectivity index (χ0v) is 16.8. The number of aliphatic carboxylic acids is 1. The van der Waals surface area contributed by atoms with Gasteiger partial charge in [-0.2, -0.15) is 0 Å². The van der Waals surface area contributed by atoms with E-state index in [1.54, 1.807) is 0 Å². The SMILES string of the molecule is CCCC=CC(O)CC[C@H]1CC[C@H](O)[C@@H]1CCCCCC(CC)C(=O)O. The van der Waals surface area contributed by atoms with Gasteiger partial charge < -0.3 is 15.3 Å². The first-order chi connectivity index (χ1) is 12.5. The molecule has 1 saturated carbocycles. The topological polar surface area (TPSA) is 77.8 Å². The van der Waals surface area contributed by atoms with Crippen LogP contribution in [0.25, 0.3) is 0 Å². The highest BCUT2D eigenvalue weighted by molar-refractivity contribution is 5.69. The molecule has 0 saturated heterocycles. The molecule has 2 unspecified atom stereocenters. The molecule has 0 aliphatic heterocycles. The summed E-state index contributed by atoms with van der Waals surface area (Å²) in [5.74, 6) is -0.0164. The fourth-order valence-electron chi connectivity index (χ4n) is 4.26. The van der Waals surface area contributed by atoms with Crippen molar-refractivity contribution in [3.8, 4) is 0 Å². The normalized spacial score (nSPS) is 25.6. The number of carbonyl (C=O) groups is 1. The summed E-state index contributed by atoms with van der Waals surface area (Å²) in [6, 6.07) is 0. The molecule has 0 aromatic carbocycles. The van der Waals surface area contributed by atoms with Crippen molar-refractivity contribution in [2.75, 3.05) is 0 Å². The third-order valence-electron chi connectivity index (χ3n) is 6.01. The van der Waals surface area contributed by atoms with Crippen molar-refractivity contribution in [3.05, 3.63) is 12.2 Å². The number of aliphatic hydroxyl groups excluding tert-OH is 2. The quantitative estimate of drug-likeness (QED) is 0.300. The van der Waals surface area contributed by atoms with Crippen molar-refractivity contribution in [1.82, 2.24) is 0 Å². The molecule has 1 aliphatic rings. The lowest BCUT2D eigenvalue weighted by Crippen LogP contribution is -2.20. The Bertz CT molecular complexity index is 407. The van der Waals surface area contributed by atoms with Gasteiger partial charge in [-0.1, -0.05) is 51.7 Å². The molecule has 3 N–H and O–H groups in total. The second-order valence-electron chi connectivity index (χ2n) is 8.01. The second kappa shape index (κ2) is 13.3. The van der Waals surface area contributed by atoms with Gasteiger partial charge in [-0.3, -0.25) is 4.79 Å². The summed E-state index contributed by atoms with van der Waals surface area (Å²) in [5.41, 5.74) is 0. The van der Waals surface area contributed by atoms with E-state index in [1.807, 2.05) is 13.0 Å². The van der Waals surface area contributed by atoms with Gasteiger partial charge in [-0.05, 0) is 63.2 Å². The third-order valence-corrected chi connectivity index (χ3v) is 6.01. The summed E-state index contributed by atoms with van der Waals surface area (Å²) in [4.78, 5) is 11.0. The summed E-state index contributed by atoms with van der Waals surface area (Å²) in [6.45, 7) is 4.06. The van der Waals surface area contributed by atoms with Gasteiger partial charge in [-0.25, -0.2) is 0 Å². The summed E-state index contributed by atoms with van der Waals surface area (Å²) in [5, 5.41) is 29.4. The molecule has 0 radical (unpaired) electrons. The molecule has 0 aromatic heterocycles. The van der Waals surface area contributed by atoms with Crippen LogP contribution < -0.4 is 0 Å². The van der Waals surface area contributed by atoms with Crippen LogP contribution in [0.4, 0.5) is 0 Å². The highest BCUT2D eigenvalue weighted by atomic mass is 16.4. The Labute approximate surface area is 159 Å². The number of unbranched alkanes of at least 4 members (excludes halogenated alkanes) is 3. The first-order valence-electron chi connectivity index (χ1n) is 10.7. The summed E-state index contributed by atoms with van der Waals surface area (Å²) in [7, 11) is 0. The number of carboxylic acid groups (broad SMARTS) is 1. The monoisotopic (exact) mass is 368 g/mol. The van der Waals surface area contributed by atoms with Gasteiger partial charge in [0.15, 0.2) is 0 Å². The van der Waals surface area contributed by atoms with E-state index in [1.165, 1.54) is 0 Å². The lowest BCUT2D eigenvalue weighted by atomic mass is 9.85. The molecule has 0 heterocycles. The van der Waals surface area contributed by atoms with E-state index < -0.39 is 5.97 Å². The van der Waals surface area contributed by atoms with Crippen LogP contribution in [0.3, 0.4) is 0 Å². The minimum absolute atomic E-state index is 0.199. The van der Waals surface area contributed by atoms with Gasteiger partial charge in [0.25, 0.3) is 0 Å². The van der Waals surface area contributed by atoms with E-state index in [4.69, 9.17) is 5.11 Å². The molecule has 4 nitrogen and oxygen atoms in total. The average molecular weight is 369 g/mol. The standard InChI is InChI=1S/C22H40O4/c1-3-5-7-11-19(23)15-13-18-14-16-21(24)20(18)12-9-6-8-10-17(4-2)22(25)26/h7,11,17-21,23-24H,3-6,8-10,12-16H2,1-2H3,(H,25,26)/t17?,18-,19?,20+,21-/m0/s1. The maximum Gasteiger partial charge on any atom is 0.306 e. The Hall–Kier alpha value is -0.870. The average Bonchev–Trinajstić information content (AvgIpc) is 2.96. The molecule has 152 valence electrons. The number of carboxylic acids is 1. The maximum absolute atomic E-state index is 11.0. The van der Waals surface area contributed by atoms with Crippen LogP contribution in [-0.2, 0) is 4.79 Å². The zero-order valence-electron chi connectivity index (χ0n) is 16.8. The predicted molar refractivity (Wildman–Crippen MR) is 106 cm³/mol. The highest BCUT2D eigenvalue weighted by Crippen LogP contribution is 2.38. The number of aliphatic hydroxyl groups is 2. The van der Waals surface area contributed by atoms with Crippen molar-refractivity contribution in [2.24, 2.45) is 17.8 Å². The maximum atomic E-state index is 11.0. The summed E-state index contributed by atoms with van der Waals surface area (Å²) < 4.78 is 0. The third kappa shape index (κ3) is 8.68. The van der Waals surface area contributed by atoms with E-state index in [9.17, 15) is 15.0 Å². The fraction of sp³-hybridized carbons (Fsp3) is 0.864. The van der Waals surface area contributed by atoms with E-state index in [-0.39, 0.29) is 18.1 Å². The van der Waals surface area contributed by atoms with Crippen LogP contribution in [0, 0.1) is 17.8 Å². The molecule has 0 aromatic rings. The molecule has 26 heavy (non-hydrogen) atoms. The van der Waals surface area contributed by atoms with Gasteiger partial charge in [0.1, 0.15) is 0 Å². The van der Waals surface area contributed by atoms with Gasteiger partial charge in [0, 0.05) is 0 Å². The molecular weight excluding hydrogens is 328 g/mol. The Morgan fingerprint density at radius 2 is 1.88 bits per heavy atom. The molecule has 1 aliphatic carbocycles. The summed E-state index contributed by atoms with van der Waals surface area (Å²) in [6.07, 6.45) is 14.8. The zero-order chi connectivity index (χ0) is 19.4. The van der Waals surface area contributed by atoms with Crippen LogP contribution >= 0.6 is 0 Å². The molecule has 0 spiro atoms. The Kier molecular flexibility index (Phi) is 11.9. The number of allylic oxidation sites excluding steroid dienone is 1. The Balaban J connectivity index is 2.27. The molecule has 0 bridgehead atoms. The number of hydrogen-bond donors (Lipinski definition) is 3. The Morgan fingerprint density at radius 3 is 2.54 bits per heavy atom. The first-order valence-corrected chi connectivity index (χ1v) is 10.7. The molecule has 5 atom stereocenters. The molecule has 1 rings (SSSR count). The van der Waals surface area contributed by atoms with Gasteiger partial charge in [-0.15, -0.1) is 0 Å². The predicted octanol–water partition coefficient (Wildman–Crippen LogP) is 4.93. The van der Waals surface area contributed by atoms with Crippen molar-refractivity contribution in [2.45, 2.75) is 103 Å². The van der Waals surface area contributed by atoms with E-state index in [2.05, 4.69) is 13.0 Å². The van der Waals surface area contributed by atoms with E-state index >= 15 is 0 Å². The van der Waals surface area contributed by atoms with E-state index in [0.29, 0.717) is 18.3 Å². The summed E-state index contributed by atoms with van der Waals surface area (Å²) >= 11 is 0. The molecule has 4 heteroatoms. The van der Waals surface area contributed by atoms with Crippen LogP contribution in [0.1, 0.15) is 90.9 Å².